The number of nitrogens with two attached hydrogens (primary N) is 1. The first-order valence-corrected chi connectivity index (χ1v) is 8.54. The zero-order valence-corrected chi connectivity index (χ0v) is 14.2. The maximum atomic E-state index is 11.5. The SMILES string of the molecule is CCCCCCCCOc1ccccc1-c1cc(C(=O)NN)[nH]n1. The smallest absolute Gasteiger partial charge is 0.283 e. The van der Waals surface area contributed by atoms with Crippen LogP contribution < -0.4 is 16.0 Å². The van der Waals surface area contributed by atoms with Gasteiger partial charge in [-0.15, -0.1) is 0 Å². The number of para-hydroxylation sites is 1. The number of carbonyl (C=O) groups is 1. The zero-order valence-electron chi connectivity index (χ0n) is 14.2. The zero-order chi connectivity index (χ0) is 17.2. The molecule has 1 aromatic heterocycles. The van der Waals surface area contributed by atoms with E-state index in [0.29, 0.717) is 18.0 Å². The summed E-state index contributed by atoms with van der Waals surface area (Å²) in [6.07, 6.45) is 7.35. The van der Waals surface area contributed by atoms with Gasteiger partial charge < -0.3 is 4.74 Å². The lowest BCUT2D eigenvalue weighted by Gasteiger charge is -2.10. The molecule has 0 saturated carbocycles. The maximum Gasteiger partial charge on any atom is 0.283 e. The molecule has 0 fully saturated rings. The fourth-order valence-electron chi connectivity index (χ4n) is 2.52. The van der Waals surface area contributed by atoms with Crippen LogP contribution in [0.5, 0.6) is 5.75 Å². The van der Waals surface area contributed by atoms with Gasteiger partial charge in [0.1, 0.15) is 11.4 Å². The number of unbranched alkanes of at least 4 members (excludes halogenated alkanes) is 5. The van der Waals surface area contributed by atoms with Crippen LogP contribution in [0.3, 0.4) is 0 Å². The van der Waals surface area contributed by atoms with Gasteiger partial charge in [0.15, 0.2) is 0 Å². The average molecular weight is 330 g/mol. The molecular weight excluding hydrogens is 304 g/mol. The van der Waals surface area contributed by atoms with E-state index in [2.05, 4.69) is 22.5 Å². The number of hydrogen-bond donors (Lipinski definition) is 3. The molecule has 24 heavy (non-hydrogen) atoms. The Labute approximate surface area is 142 Å². The number of rotatable bonds is 10. The van der Waals surface area contributed by atoms with Crippen molar-refractivity contribution < 1.29 is 9.53 Å². The summed E-state index contributed by atoms with van der Waals surface area (Å²) in [6.45, 7) is 2.90. The van der Waals surface area contributed by atoms with Crippen LogP contribution in [-0.4, -0.2) is 22.7 Å². The van der Waals surface area contributed by atoms with Crippen molar-refractivity contribution in [1.82, 2.24) is 15.6 Å². The summed E-state index contributed by atoms with van der Waals surface area (Å²) >= 11 is 0. The minimum Gasteiger partial charge on any atom is -0.493 e. The Morgan fingerprint density at radius 1 is 1.21 bits per heavy atom. The summed E-state index contributed by atoms with van der Waals surface area (Å²) < 4.78 is 5.92. The first-order chi connectivity index (χ1) is 11.8. The number of nitrogens with zero attached hydrogens (tertiary/aromatic N) is 1. The fourth-order valence-corrected chi connectivity index (χ4v) is 2.52. The Hall–Kier alpha value is -2.34. The van der Waals surface area contributed by atoms with E-state index < -0.39 is 5.91 Å². The molecule has 0 atom stereocenters. The van der Waals surface area contributed by atoms with Gasteiger partial charge in [0.2, 0.25) is 0 Å². The lowest BCUT2D eigenvalue weighted by atomic mass is 10.1. The molecule has 4 N–H and O–H groups in total. The molecule has 6 heteroatoms. The first kappa shape index (κ1) is 18.0. The van der Waals surface area contributed by atoms with Gasteiger partial charge in [-0.25, -0.2) is 5.84 Å². The van der Waals surface area contributed by atoms with Gasteiger partial charge in [-0.2, -0.15) is 5.10 Å². The minimum atomic E-state index is -0.403. The first-order valence-electron chi connectivity index (χ1n) is 8.54. The van der Waals surface area contributed by atoms with Crippen molar-refractivity contribution in [2.45, 2.75) is 45.4 Å². The van der Waals surface area contributed by atoms with Crippen molar-refractivity contribution in [3.05, 3.63) is 36.0 Å². The highest BCUT2D eigenvalue weighted by atomic mass is 16.5. The average Bonchev–Trinajstić information content (AvgIpc) is 3.10. The lowest BCUT2D eigenvalue weighted by Crippen LogP contribution is -2.30. The summed E-state index contributed by atoms with van der Waals surface area (Å²) in [6, 6.07) is 9.36. The van der Waals surface area contributed by atoms with Crippen molar-refractivity contribution in [1.29, 1.82) is 0 Å². The van der Waals surface area contributed by atoms with Crippen molar-refractivity contribution in [3.8, 4) is 17.0 Å². The second-order valence-corrected chi connectivity index (χ2v) is 5.75. The van der Waals surface area contributed by atoms with Crippen LogP contribution >= 0.6 is 0 Å². The summed E-state index contributed by atoms with van der Waals surface area (Å²) in [5.41, 5.74) is 3.92. The number of H-pyrrole nitrogens is 1. The van der Waals surface area contributed by atoms with Gasteiger partial charge >= 0.3 is 0 Å². The van der Waals surface area contributed by atoms with Crippen LogP contribution in [0.4, 0.5) is 0 Å². The lowest BCUT2D eigenvalue weighted by molar-refractivity contribution is 0.0948. The molecule has 0 spiro atoms. The van der Waals surface area contributed by atoms with E-state index in [0.717, 1.165) is 17.7 Å². The van der Waals surface area contributed by atoms with Gasteiger partial charge in [-0.1, -0.05) is 51.2 Å². The van der Waals surface area contributed by atoms with Crippen molar-refractivity contribution in [2.75, 3.05) is 6.61 Å². The molecule has 0 radical (unpaired) electrons. The monoisotopic (exact) mass is 330 g/mol. The van der Waals surface area contributed by atoms with E-state index >= 15 is 0 Å². The molecular formula is C18H26N4O2. The van der Waals surface area contributed by atoms with Crippen molar-refractivity contribution in [3.63, 3.8) is 0 Å². The molecule has 0 aliphatic carbocycles. The van der Waals surface area contributed by atoms with Gasteiger partial charge in [-0.05, 0) is 24.6 Å². The third-order valence-corrected chi connectivity index (χ3v) is 3.87. The Balaban J connectivity index is 1.93. The standard InChI is InChI=1S/C18H26N4O2/c1-2-3-4-5-6-9-12-24-17-11-8-7-10-14(17)15-13-16(22-21-15)18(23)20-19/h7-8,10-11,13H,2-6,9,12,19H2,1H3,(H,20,23)(H,21,22). The van der Waals surface area contributed by atoms with Crippen molar-refractivity contribution >= 4 is 5.91 Å². The predicted octanol–water partition coefficient (Wildman–Crippen LogP) is 3.42. The normalized spacial score (nSPS) is 10.6. The second-order valence-electron chi connectivity index (χ2n) is 5.75. The predicted molar refractivity (Wildman–Crippen MR) is 94.5 cm³/mol. The number of nitrogens with one attached hydrogen (secondary N) is 2. The number of hydrogen-bond acceptors (Lipinski definition) is 4. The number of aromatic nitrogens is 2. The third kappa shape index (κ3) is 5.09. The van der Waals surface area contributed by atoms with E-state index in [1.54, 1.807) is 6.07 Å². The molecule has 0 aliphatic heterocycles. The highest BCUT2D eigenvalue weighted by Gasteiger charge is 2.13. The maximum absolute atomic E-state index is 11.5. The molecule has 0 bridgehead atoms. The third-order valence-electron chi connectivity index (χ3n) is 3.87. The van der Waals surface area contributed by atoms with Crippen molar-refractivity contribution in [2.24, 2.45) is 5.84 Å². The topological polar surface area (TPSA) is 93.0 Å². The summed E-state index contributed by atoms with van der Waals surface area (Å²) in [5.74, 6) is 5.51. The van der Waals surface area contributed by atoms with Crippen LogP contribution in [0.1, 0.15) is 55.9 Å². The van der Waals surface area contributed by atoms with Gasteiger partial charge in [-0.3, -0.25) is 15.3 Å². The molecule has 0 saturated heterocycles. The fraction of sp³-hybridized carbons (Fsp3) is 0.444. The highest BCUT2D eigenvalue weighted by Crippen LogP contribution is 2.29. The number of benzene rings is 1. The summed E-state index contributed by atoms with van der Waals surface area (Å²) in [5, 5.41) is 6.85. The Bertz CT molecular complexity index is 639. The van der Waals surface area contributed by atoms with Gasteiger partial charge in [0.05, 0.1) is 12.3 Å². The molecule has 0 unspecified atom stereocenters. The van der Waals surface area contributed by atoms with Crippen LogP contribution in [0.15, 0.2) is 30.3 Å². The van der Waals surface area contributed by atoms with E-state index in [1.165, 1.54) is 32.1 Å². The summed E-state index contributed by atoms with van der Waals surface area (Å²) in [4.78, 5) is 11.5. The Morgan fingerprint density at radius 3 is 2.75 bits per heavy atom. The molecule has 1 aromatic carbocycles. The number of nitrogen functional groups attached to an aromatic ring is 1. The molecule has 1 amide bonds. The molecule has 130 valence electrons. The van der Waals surface area contributed by atoms with E-state index in [-0.39, 0.29) is 0 Å². The largest absolute Gasteiger partial charge is 0.493 e. The second kappa shape index (κ2) is 9.72. The number of amides is 1. The Kier molecular flexibility index (Phi) is 7.29. The van der Waals surface area contributed by atoms with Crippen LogP contribution in [0.25, 0.3) is 11.3 Å². The number of ether oxygens (including phenoxy) is 1. The van der Waals surface area contributed by atoms with Crippen LogP contribution in [0.2, 0.25) is 0 Å². The number of aromatic amines is 1. The Morgan fingerprint density at radius 2 is 1.96 bits per heavy atom. The minimum absolute atomic E-state index is 0.318. The molecule has 1 heterocycles. The number of carbonyl (C=O) groups excluding carboxylic acids is 1. The molecule has 2 aromatic rings. The van der Waals surface area contributed by atoms with Gasteiger partial charge in [0, 0.05) is 5.56 Å². The van der Waals surface area contributed by atoms with Crippen LogP contribution in [-0.2, 0) is 0 Å². The van der Waals surface area contributed by atoms with Crippen LogP contribution in [0, 0.1) is 0 Å². The number of hydrazine groups is 1. The molecule has 0 aliphatic rings. The highest BCUT2D eigenvalue weighted by molar-refractivity contribution is 5.93. The molecule has 2 rings (SSSR count). The van der Waals surface area contributed by atoms with Gasteiger partial charge in [0.25, 0.3) is 5.91 Å². The van der Waals surface area contributed by atoms with E-state index in [9.17, 15) is 4.79 Å². The van der Waals surface area contributed by atoms with E-state index in [1.807, 2.05) is 24.3 Å². The van der Waals surface area contributed by atoms with E-state index in [4.69, 9.17) is 10.6 Å². The molecule has 6 nitrogen and oxygen atoms in total. The summed E-state index contributed by atoms with van der Waals surface area (Å²) in [7, 11) is 0. The quantitative estimate of drug-likeness (QED) is 0.269.